The normalized spacial score (nSPS) is 10.2. The van der Waals surface area contributed by atoms with Crippen molar-refractivity contribution in [3.8, 4) is 5.75 Å². The molecule has 21 heavy (non-hydrogen) atoms. The van der Waals surface area contributed by atoms with E-state index in [1.807, 2.05) is 0 Å². The summed E-state index contributed by atoms with van der Waals surface area (Å²) < 4.78 is 5.37. The van der Waals surface area contributed by atoms with E-state index in [1.54, 1.807) is 38.1 Å². The van der Waals surface area contributed by atoms with Crippen LogP contribution in [-0.2, 0) is 0 Å². The summed E-state index contributed by atoms with van der Waals surface area (Å²) in [5.41, 5.74) is 7.17. The Morgan fingerprint density at radius 1 is 1.29 bits per heavy atom. The van der Waals surface area contributed by atoms with Gasteiger partial charge in [-0.1, -0.05) is 0 Å². The van der Waals surface area contributed by atoms with E-state index < -0.39 is 0 Å². The number of nitrogens with one attached hydrogen (secondary N) is 1. The number of aromatic nitrogens is 2. The van der Waals surface area contributed by atoms with Crippen LogP contribution in [-0.4, -0.2) is 29.0 Å². The molecule has 0 aliphatic rings. The third-order valence-electron chi connectivity index (χ3n) is 2.84. The van der Waals surface area contributed by atoms with Gasteiger partial charge in [-0.15, -0.1) is 0 Å². The van der Waals surface area contributed by atoms with Gasteiger partial charge < -0.3 is 15.8 Å². The average molecular weight is 286 g/mol. The molecule has 0 fully saturated rings. The molecule has 0 bridgehead atoms. The lowest BCUT2D eigenvalue weighted by molar-refractivity contribution is 0.102. The lowest BCUT2D eigenvalue weighted by Gasteiger charge is -2.09. The Labute approximate surface area is 123 Å². The molecule has 1 heterocycles. The maximum absolute atomic E-state index is 12.2. The fourth-order valence-corrected chi connectivity index (χ4v) is 1.82. The molecule has 1 aromatic carbocycles. The molecular weight excluding hydrogens is 268 g/mol. The summed E-state index contributed by atoms with van der Waals surface area (Å²) in [7, 11) is 0. The molecule has 6 nitrogen and oxygen atoms in total. The van der Waals surface area contributed by atoms with Gasteiger partial charge in [0.25, 0.3) is 5.91 Å². The third-order valence-corrected chi connectivity index (χ3v) is 2.84. The maximum atomic E-state index is 12.2. The van der Waals surface area contributed by atoms with Crippen LogP contribution in [0.3, 0.4) is 0 Å². The van der Waals surface area contributed by atoms with Crippen LogP contribution in [0.1, 0.15) is 21.9 Å². The van der Waals surface area contributed by atoms with Gasteiger partial charge in [0.2, 0.25) is 0 Å². The number of carbonyl (C=O) groups excluding carboxylic acids is 1. The average Bonchev–Trinajstić information content (AvgIpc) is 2.46. The standard InChI is InChI=1S/C15H18N4O2/c1-10-14(9-17-11(2)18-10)15(20)19-12-3-5-13(6-4-12)21-8-7-16/h3-6,9H,7-8,16H2,1-2H3,(H,19,20). The largest absolute Gasteiger partial charge is 0.492 e. The highest BCUT2D eigenvalue weighted by Crippen LogP contribution is 2.16. The van der Waals surface area contributed by atoms with Crippen molar-refractivity contribution >= 4 is 11.6 Å². The van der Waals surface area contributed by atoms with Crippen molar-refractivity contribution in [3.05, 3.63) is 47.5 Å². The fourth-order valence-electron chi connectivity index (χ4n) is 1.82. The number of ether oxygens (including phenoxy) is 1. The highest BCUT2D eigenvalue weighted by Gasteiger charge is 2.11. The fraction of sp³-hybridized carbons (Fsp3) is 0.267. The molecule has 110 valence electrons. The zero-order valence-corrected chi connectivity index (χ0v) is 12.1. The molecule has 0 spiro atoms. The Bertz CT molecular complexity index is 626. The molecule has 1 aromatic heterocycles. The zero-order chi connectivity index (χ0) is 15.2. The second-order valence-electron chi connectivity index (χ2n) is 4.53. The number of rotatable bonds is 5. The first kappa shape index (κ1) is 14.9. The number of nitrogens with zero attached hydrogens (tertiary/aromatic N) is 2. The minimum Gasteiger partial charge on any atom is -0.492 e. The van der Waals surface area contributed by atoms with Crippen molar-refractivity contribution in [2.45, 2.75) is 13.8 Å². The lowest BCUT2D eigenvalue weighted by atomic mass is 10.2. The highest BCUT2D eigenvalue weighted by molar-refractivity contribution is 6.04. The van der Waals surface area contributed by atoms with Crippen LogP contribution in [0, 0.1) is 13.8 Å². The predicted molar refractivity (Wildman–Crippen MR) is 80.5 cm³/mol. The molecule has 0 atom stereocenters. The van der Waals surface area contributed by atoms with Crippen LogP contribution in [0.2, 0.25) is 0 Å². The van der Waals surface area contributed by atoms with E-state index >= 15 is 0 Å². The summed E-state index contributed by atoms with van der Waals surface area (Å²) >= 11 is 0. The van der Waals surface area contributed by atoms with Crippen LogP contribution in [0.25, 0.3) is 0 Å². The van der Waals surface area contributed by atoms with Gasteiger partial charge in [-0.25, -0.2) is 9.97 Å². The quantitative estimate of drug-likeness (QED) is 0.872. The van der Waals surface area contributed by atoms with Crippen molar-refractivity contribution in [1.82, 2.24) is 9.97 Å². The number of hydrogen-bond acceptors (Lipinski definition) is 5. The Balaban J connectivity index is 2.05. The van der Waals surface area contributed by atoms with Gasteiger partial charge in [0.05, 0.1) is 11.3 Å². The smallest absolute Gasteiger partial charge is 0.259 e. The summed E-state index contributed by atoms with van der Waals surface area (Å²) in [4.78, 5) is 20.4. The molecule has 3 N–H and O–H groups in total. The van der Waals surface area contributed by atoms with Crippen molar-refractivity contribution in [3.63, 3.8) is 0 Å². The molecule has 0 aliphatic heterocycles. The molecule has 0 saturated carbocycles. The summed E-state index contributed by atoms with van der Waals surface area (Å²) in [6.45, 7) is 4.50. The van der Waals surface area contributed by atoms with Crippen LogP contribution >= 0.6 is 0 Å². The second kappa shape index (κ2) is 6.81. The molecule has 6 heteroatoms. The number of anilines is 1. The Hall–Kier alpha value is -2.47. The van der Waals surface area contributed by atoms with Crippen molar-refractivity contribution in [2.75, 3.05) is 18.5 Å². The minimum absolute atomic E-state index is 0.233. The number of carbonyl (C=O) groups is 1. The molecule has 0 unspecified atom stereocenters. The molecule has 0 radical (unpaired) electrons. The first-order chi connectivity index (χ1) is 10.1. The minimum atomic E-state index is -0.233. The maximum Gasteiger partial charge on any atom is 0.259 e. The summed E-state index contributed by atoms with van der Waals surface area (Å²) in [5, 5.41) is 2.80. The van der Waals surface area contributed by atoms with Crippen LogP contribution in [0.5, 0.6) is 5.75 Å². The second-order valence-corrected chi connectivity index (χ2v) is 4.53. The van der Waals surface area contributed by atoms with Gasteiger partial charge in [-0.2, -0.15) is 0 Å². The van der Waals surface area contributed by atoms with Gasteiger partial charge >= 0.3 is 0 Å². The van der Waals surface area contributed by atoms with E-state index in [9.17, 15) is 4.79 Å². The molecule has 2 aromatic rings. The topological polar surface area (TPSA) is 90.1 Å². The van der Waals surface area contributed by atoms with Gasteiger partial charge in [0.15, 0.2) is 0 Å². The number of nitrogens with two attached hydrogens (primary N) is 1. The SMILES string of the molecule is Cc1ncc(C(=O)Nc2ccc(OCCN)cc2)c(C)n1. The van der Waals surface area contributed by atoms with Gasteiger partial charge in [-0.05, 0) is 38.1 Å². The summed E-state index contributed by atoms with van der Waals surface area (Å²) in [5.74, 6) is 1.13. The molecule has 0 saturated heterocycles. The van der Waals surface area contributed by atoms with Crippen LogP contribution in [0.15, 0.2) is 30.5 Å². The summed E-state index contributed by atoms with van der Waals surface area (Å²) in [6.07, 6.45) is 1.53. The monoisotopic (exact) mass is 286 g/mol. The molecule has 0 aliphatic carbocycles. The molecule has 1 amide bonds. The Morgan fingerprint density at radius 2 is 2.00 bits per heavy atom. The van der Waals surface area contributed by atoms with E-state index in [2.05, 4.69) is 15.3 Å². The van der Waals surface area contributed by atoms with Crippen molar-refractivity contribution < 1.29 is 9.53 Å². The molecule has 2 rings (SSSR count). The van der Waals surface area contributed by atoms with E-state index in [1.165, 1.54) is 6.20 Å². The summed E-state index contributed by atoms with van der Waals surface area (Å²) in [6, 6.07) is 7.11. The van der Waals surface area contributed by atoms with Crippen LogP contribution < -0.4 is 15.8 Å². The predicted octanol–water partition coefficient (Wildman–Crippen LogP) is 1.68. The van der Waals surface area contributed by atoms with E-state index in [0.717, 1.165) is 0 Å². The lowest BCUT2D eigenvalue weighted by Crippen LogP contribution is -2.15. The number of benzene rings is 1. The van der Waals surface area contributed by atoms with Gasteiger partial charge in [0, 0.05) is 18.4 Å². The highest BCUT2D eigenvalue weighted by atomic mass is 16.5. The van der Waals surface area contributed by atoms with Crippen molar-refractivity contribution in [2.24, 2.45) is 5.73 Å². The van der Waals surface area contributed by atoms with Crippen LogP contribution in [0.4, 0.5) is 5.69 Å². The Morgan fingerprint density at radius 3 is 2.62 bits per heavy atom. The first-order valence-electron chi connectivity index (χ1n) is 6.64. The first-order valence-corrected chi connectivity index (χ1v) is 6.64. The van der Waals surface area contributed by atoms with E-state index in [-0.39, 0.29) is 5.91 Å². The van der Waals surface area contributed by atoms with E-state index in [0.29, 0.717) is 41.7 Å². The van der Waals surface area contributed by atoms with Gasteiger partial charge in [-0.3, -0.25) is 4.79 Å². The Kier molecular flexibility index (Phi) is 4.84. The zero-order valence-electron chi connectivity index (χ0n) is 12.1. The van der Waals surface area contributed by atoms with Gasteiger partial charge in [0.1, 0.15) is 18.2 Å². The number of hydrogen-bond donors (Lipinski definition) is 2. The third kappa shape index (κ3) is 4.00. The van der Waals surface area contributed by atoms with E-state index in [4.69, 9.17) is 10.5 Å². The van der Waals surface area contributed by atoms with Crippen molar-refractivity contribution in [1.29, 1.82) is 0 Å². The number of aryl methyl sites for hydroxylation is 2. The molecular formula is C15H18N4O2. The number of amides is 1.